The van der Waals surface area contributed by atoms with Crippen LogP contribution in [0.15, 0.2) is 54.1 Å². The van der Waals surface area contributed by atoms with Gasteiger partial charge in [-0.2, -0.15) is 0 Å². The highest BCUT2D eigenvalue weighted by atomic mass is 16.5. The van der Waals surface area contributed by atoms with Crippen LogP contribution in [0.1, 0.15) is 49.7 Å². The van der Waals surface area contributed by atoms with Crippen LogP contribution in [0.5, 0.6) is 0 Å². The molecule has 148 valence electrons. The molecule has 0 bridgehead atoms. The molecule has 0 heterocycles. The maximum absolute atomic E-state index is 11.4. The van der Waals surface area contributed by atoms with E-state index in [1.54, 1.807) is 0 Å². The lowest BCUT2D eigenvalue weighted by atomic mass is 9.73. The largest absolute Gasteiger partial charge is 0.469 e. The number of hydrogen-bond donors (Lipinski definition) is 0. The van der Waals surface area contributed by atoms with Gasteiger partial charge in [0, 0.05) is 12.5 Å². The molecule has 1 aromatic rings. The number of carbonyl (C=O) groups excluding carboxylic acids is 1. The van der Waals surface area contributed by atoms with E-state index < -0.39 is 0 Å². The van der Waals surface area contributed by atoms with Crippen molar-refractivity contribution < 1.29 is 9.53 Å². The van der Waals surface area contributed by atoms with Crippen molar-refractivity contribution in [3.63, 3.8) is 0 Å². The zero-order valence-electron chi connectivity index (χ0n) is 17.1. The molecular formula is C25H31NO2. The van der Waals surface area contributed by atoms with Crippen molar-refractivity contribution in [3.8, 4) is 0 Å². The molecule has 1 saturated carbocycles. The van der Waals surface area contributed by atoms with Gasteiger partial charge >= 0.3 is 5.97 Å². The van der Waals surface area contributed by atoms with E-state index in [4.69, 9.17) is 4.74 Å². The minimum atomic E-state index is -0.106. The Morgan fingerprint density at radius 3 is 3.00 bits per heavy atom. The number of ether oxygens (including phenoxy) is 1. The van der Waals surface area contributed by atoms with Crippen LogP contribution in [-0.4, -0.2) is 37.6 Å². The van der Waals surface area contributed by atoms with Crippen molar-refractivity contribution in [3.05, 3.63) is 65.3 Å². The highest BCUT2D eigenvalue weighted by Gasteiger charge is 2.41. The normalized spacial score (nSPS) is 25.8. The van der Waals surface area contributed by atoms with Crippen LogP contribution in [-0.2, 0) is 16.0 Å². The van der Waals surface area contributed by atoms with Crippen LogP contribution in [0, 0.1) is 5.41 Å². The van der Waals surface area contributed by atoms with Gasteiger partial charge in [-0.15, -0.1) is 0 Å². The number of fused-ring (bicyclic) bond motifs is 2. The van der Waals surface area contributed by atoms with Crippen molar-refractivity contribution in [2.24, 2.45) is 5.41 Å². The van der Waals surface area contributed by atoms with Gasteiger partial charge in [0.1, 0.15) is 0 Å². The third kappa shape index (κ3) is 3.86. The van der Waals surface area contributed by atoms with E-state index in [1.165, 1.54) is 48.6 Å². The minimum absolute atomic E-state index is 0.106. The molecule has 0 N–H and O–H groups in total. The predicted octanol–water partition coefficient (Wildman–Crippen LogP) is 4.94. The van der Waals surface area contributed by atoms with Crippen molar-refractivity contribution in [1.82, 2.24) is 4.90 Å². The number of allylic oxidation sites excluding steroid dienone is 6. The van der Waals surface area contributed by atoms with Gasteiger partial charge in [-0.25, -0.2) is 0 Å². The Kier molecular flexibility index (Phi) is 5.54. The Hall–Kier alpha value is -2.13. The van der Waals surface area contributed by atoms with E-state index in [0.717, 1.165) is 25.8 Å². The first-order chi connectivity index (χ1) is 13.6. The lowest BCUT2D eigenvalue weighted by molar-refractivity contribution is -0.140. The van der Waals surface area contributed by atoms with Crippen molar-refractivity contribution in [2.45, 2.75) is 51.0 Å². The summed E-state index contributed by atoms with van der Waals surface area (Å²) >= 11 is 0. The average molecular weight is 378 g/mol. The summed E-state index contributed by atoms with van der Waals surface area (Å²) in [6, 6.07) is 9.50. The molecule has 3 nitrogen and oxygen atoms in total. The summed E-state index contributed by atoms with van der Waals surface area (Å²) in [5.74, 6) is -0.106. The van der Waals surface area contributed by atoms with Crippen LogP contribution in [0.3, 0.4) is 0 Å². The quantitative estimate of drug-likeness (QED) is 0.681. The summed E-state index contributed by atoms with van der Waals surface area (Å²) in [5.41, 5.74) is 6.10. The third-order valence-electron chi connectivity index (χ3n) is 6.83. The van der Waals surface area contributed by atoms with Crippen LogP contribution >= 0.6 is 0 Å². The summed E-state index contributed by atoms with van der Waals surface area (Å²) in [7, 11) is 3.67. The molecule has 0 aliphatic heterocycles. The Morgan fingerprint density at radius 1 is 1.29 bits per heavy atom. The van der Waals surface area contributed by atoms with E-state index in [0.29, 0.717) is 12.5 Å². The number of benzene rings is 1. The van der Waals surface area contributed by atoms with E-state index in [-0.39, 0.29) is 11.4 Å². The van der Waals surface area contributed by atoms with Gasteiger partial charge in [0.25, 0.3) is 0 Å². The van der Waals surface area contributed by atoms with E-state index in [9.17, 15) is 4.79 Å². The summed E-state index contributed by atoms with van der Waals surface area (Å²) in [4.78, 5) is 13.8. The van der Waals surface area contributed by atoms with Crippen LogP contribution in [0.4, 0.5) is 0 Å². The number of carbonyl (C=O) groups is 1. The molecule has 3 aliphatic carbocycles. The maximum Gasteiger partial charge on any atom is 0.305 e. The van der Waals surface area contributed by atoms with Crippen LogP contribution in [0.25, 0.3) is 5.57 Å². The molecule has 2 unspecified atom stereocenters. The Balaban J connectivity index is 1.45. The Labute approximate surface area is 168 Å². The molecule has 1 fully saturated rings. The third-order valence-corrected chi connectivity index (χ3v) is 6.83. The number of rotatable bonds is 5. The molecule has 4 rings (SSSR count). The highest BCUT2D eigenvalue weighted by molar-refractivity contribution is 5.78. The molecule has 3 heteroatoms. The summed E-state index contributed by atoms with van der Waals surface area (Å²) < 4.78 is 4.76. The molecule has 2 atom stereocenters. The van der Waals surface area contributed by atoms with Gasteiger partial charge in [0.2, 0.25) is 0 Å². The Bertz CT molecular complexity index is 835. The molecule has 1 aromatic carbocycles. The number of methoxy groups -OCH3 is 1. The summed E-state index contributed by atoms with van der Waals surface area (Å²) in [6.45, 7) is 0.957. The fourth-order valence-corrected chi connectivity index (χ4v) is 5.17. The molecule has 3 aliphatic rings. The highest BCUT2D eigenvalue weighted by Crippen LogP contribution is 2.51. The SMILES string of the molecule is COC(=O)CCCN(C)C1CCC2(C=CC3=C(C2)c2ccccc2CC=C3)C1. The first-order valence-corrected chi connectivity index (χ1v) is 10.5. The van der Waals surface area contributed by atoms with Gasteiger partial charge in [-0.05, 0) is 79.8 Å². The van der Waals surface area contributed by atoms with Gasteiger partial charge in [-0.1, -0.05) is 48.6 Å². The Morgan fingerprint density at radius 2 is 2.14 bits per heavy atom. The smallest absolute Gasteiger partial charge is 0.305 e. The molecule has 0 aromatic heterocycles. The topological polar surface area (TPSA) is 29.5 Å². The zero-order valence-corrected chi connectivity index (χ0v) is 17.1. The van der Waals surface area contributed by atoms with Gasteiger partial charge in [0.05, 0.1) is 7.11 Å². The second-order valence-corrected chi connectivity index (χ2v) is 8.63. The molecule has 1 spiro atoms. The molecular weight excluding hydrogens is 346 g/mol. The second-order valence-electron chi connectivity index (χ2n) is 8.63. The standard InChI is InChI=1S/C25H31NO2/c1-26(16-6-11-24(27)28-2)21-13-15-25(17-21)14-12-20-9-5-8-19-7-3-4-10-22(19)23(20)18-25/h3-5,7,9-10,12,14,21H,6,8,11,13,15-18H2,1-2H3. The summed E-state index contributed by atoms with van der Waals surface area (Å²) in [5, 5.41) is 0. The monoisotopic (exact) mass is 377 g/mol. The fraction of sp³-hybridized carbons (Fsp3) is 0.480. The number of nitrogens with zero attached hydrogens (tertiary/aromatic N) is 1. The van der Waals surface area contributed by atoms with E-state index in [2.05, 4.69) is 60.5 Å². The van der Waals surface area contributed by atoms with Gasteiger partial charge < -0.3 is 9.64 Å². The maximum atomic E-state index is 11.4. The minimum Gasteiger partial charge on any atom is -0.469 e. The average Bonchev–Trinajstić information content (AvgIpc) is 3.03. The zero-order chi connectivity index (χ0) is 19.6. The lowest BCUT2D eigenvalue weighted by Gasteiger charge is -2.33. The molecule has 0 radical (unpaired) electrons. The van der Waals surface area contributed by atoms with Gasteiger partial charge in [0.15, 0.2) is 0 Å². The second kappa shape index (κ2) is 8.08. The number of hydrogen-bond acceptors (Lipinski definition) is 3. The van der Waals surface area contributed by atoms with Crippen LogP contribution < -0.4 is 0 Å². The summed E-state index contributed by atoms with van der Waals surface area (Å²) in [6.07, 6.45) is 16.7. The lowest BCUT2D eigenvalue weighted by Crippen LogP contribution is -2.32. The van der Waals surface area contributed by atoms with Crippen molar-refractivity contribution >= 4 is 11.5 Å². The van der Waals surface area contributed by atoms with Gasteiger partial charge in [-0.3, -0.25) is 4.79 Å². The van der Waals surface area contributed by atoms with E-state index in [1.807, 2.05) is 0 Å². The first-order valence-electron chi connectivity index (χ1n) is 10.5. The van der Waals surface area contributed by atoms with Crippen LogP contribution in [0.2, 0.25) is 0 Å². The molecule has 0 saturated heterocycles. The van der Waals surface area contributed by atoms with E-state index >= 15 is 0 Å². The first kappa shape index (κ1) is 19.2. The fourth-order valence-electron chi connectivity index (χ4n) is 5.17. The van der Waals surface area contributed by atoms with Crippen molar-refractivity contribution in [1.29, 1.82) is 0 Å². The molecule has 0 amide bonds. The predicted molar refractivity (Wildman–Crippen MR) is 114 cm³/mol. The number of esters is 1. The molecule has 28 heavy (non-hydrogen) atoms. The van der Waals surface area contributed by atoms with Crippen molar-refractivity contribution in [2.75, 3.05) is 20.7 Å².